The fourth-order valence-electron chi connectivity index (χ4n) is 1.36. The van der Waals surface area contributed by atoms with E-state index >= 15 is 0 Å². The standard InChI is InChI=1S/C12H12FNOS/c1-2-10(15)12-14-7-11(16-12)8-3-5-9(13)6-4-8/h3-7,10,15H,2H2,1H3. The minimum absolute atomic E-state index is 0.248. The summed E-state index contributed by atoms with van der Waals surface area (Å²) in [5.74, 6) is -0.248. The minimum atomic E-state index is -0.501. The van der Waals surface area contributed by atoms with E-state index in [9.17, 15) is 9.50 Å². The van der Waals surface area contributed by atoms with Crippen LogP contribution < -0.4 is 0 Å². The van der Waals surface area contributed by atoms with Crippen LogP contribution >= 0.6 is 11.3 Å². The molecule has 1 aromatic carbocycles. The zero-order valence-electron chi connectivity index (χ0n) is 8.85. The van der Waals surface area contributed by atoms with Crippen molar-refractivity contribution in [3.8, 4) is 10.4 Å². The SMILES string of the molecule is CCC(O)c1ncc(-c2ccc(F)cc2)s1. The van der Waals surface area contributed by atoms with Crippen molar-refractivity contribution >= 4 is 11.3 Å². The molecule has 0 aliphatic heterocycles. The Morgan fingerprint density at radius 2 is 2.06 bits per heavy atom. The fraction of sp³-hybridized carbons (Fsp3) is 0.250. The lowest BCUT2D eigenvalue weighted by Gasteiger charge is -2.01. The molecule has 2 aromatic rings. The van der Waals surface area contributed by atoms with Crippen molar-refractivity contribution < 1.29 is 9.50 Å². The number of aromatic nitrogens is 1. The van der Waals surface area contributed by atoms with Gasteiger partial charge in [0.15, 0.2) is 0 Å². The van der Waals surface area contributed by atoms with Gasteiger partial charge in [-0.25, -0.2) is 9.37 Å². The molecule has 1 N–H and O–H groups in total. The molecule has 1 aromatic heterocycles. The Kier molecular flexibility index (Phi) is 3.31. The van der Waals surface area contributed by atoms with Crippen LogP contribution in [0.5, 0.6) is 0 Å². The van der Waals surface area contributed by atoms with E-state index in [4.69, 9.17) is 0 Å². The Labute approximate surface area is 97.4 Å². The Hall–Kier alpha value is -1.26. The topological polar surface area (TPSA) is 33.1 Å². The molecule has 1 heterocycles. The summed E-state index contributed by atoms with van der Waals surface area (Å²) < 4.78 is 12.7. The van der Waals surface area contributed by atoms with Crippen LogP contribution in [0.15, 0.2) is 30.5 Å². The largest absolute Gasteiger partial charge is 0.386 e. The Balaban J connectivity index is 2.28. The molecule has 2 rings (SSSR count). The molecule has 4 heteroatoms. The van der Waals surface area contributed by atoms with Crippen LogP contribution in [-0.4, -0.2) is 10.1 Å². The highest BCUT2D eigenvalue weighted by Crippen LogP contribution is 2.30. The van der Waals surface area contributed by atoms with E-state index < -0.39 is 6.10 Å². The summed E-state index contributed by atoms with van der Waals surface area (Å²) in [5, 5.41) is 10.3. The molecule has 0 fully saturated rings. The summed E-state index contributed by atoms with van der Waals surface area (Å²) >= 11 is 1.44. The van der Waals surface area contributed by atoms with Crippen molar-refractivity contribution in [1.82, 2.24) is 4.98 Å². The highest BCUT2D eigenvalue weighted by Gasteiger charge is 2.10. The second-order valence-corrected chi connectivity index (χ2v) is 4.56. The van der Waals surface area contributed by atoms with Crippen LogP contribution in [0.1, 0.15) is 24.5 Å². The Morgan fingerprint density at radius 1 is 1.38 bits per heavy atom. The van der Waals surface area contributed by atoms with Gasteiger partial charge in [0, 0.05) is 6.20 Å². The number of thiazole rings is 1. The van der Waals surface area contributed by atoms with Crippen molar-refractivity contribution in [1.29, 1.82) is 0 Å². The molecule has 16 heavy (non-hydrogen) atoms. The summed E-state index contributed by atoms with van der Waals surface area (Å²) in [4.78, 5) is 5.11. The molecule has 0 amide bonds. The predicted octanol–water partition coefficient (Wildman–Crippen LogP) is 3.39. The van der Waals surface area contributed by atoms with E-state index in [2.05, 4.69) is 4.98 Å². The number of hydrogen-bond donors (Lipinski definition) is 1. The summed E-state index contributed by atoms with van der Waals surface area (Å²) in [5.41, 5.74) is 0.924. The highest BCUT2D eigenvalue weighted by molar-refractivity contribution is 7.15. The van der Waals surface area contributed by atoms with Gasteiger partial charge in [0.2, 0.25) is 0 Å². The van der Waals surface area contributed by atoms with E-state index in [0.717, 1.165) is 10.4 Å². The molecule has 2 nitrogen and oxygen atoms in total. The maximum Gasteiger partial charge on any atom is 0.123 e. The second kappa shape index (κ2) is 4.72. The first kappa shape index (κ1) is 11.2. The molecule has 0 spiro atoms. The number of aliphatic hydroxyl groups excluding tert-OH is 1. The van der Waals surface area contributed by atoms with E-state index in [1.165, 1.54) is 23.5 Å². The normalized spacial score (nSPS) is 12.7. The molecular weight excluding hydrogens is 225 g/mol. The van der Waals surface area contributed by atoms with Gasteiger partial charge in [-0.3, -0.25) is 0 Å². The molecule has 1 atom stereocenters. The molecule has 84 valence electrons. The molecule has 0 aliphatic rings. The van der Waals surface area contributed by atoms with Gasteiger partial charge in [0.25, 0.3) is 0 Å². The molecule has 0 radical (unpaired) electrons. The third-order valence-corrected chi connectivity index (χ3v) is 3.47. The van der Waals surface area contributed by atoms with Gasteiger partial charge in [0.05, 0.1) is 4.88 Å². The molecule has 1 unspecified atom stereocenters. The average molecular weight is 237 g/mol. The summed E-state index contributed by atoms with van der Waals surface area (Å²) in [6.45, 7) is 1.91. The summed E-state index contributed by atoms with van der Waals surface area (Å²) in [6, 6.07) is 6.27. The number of hydrogen-bond acceptors (Lipinski definition) is 3. The van der Waals surface area contributed by atoms with Crippen LogP contribution in [-0.2, 0) is 0 Å². The fourth-order valence-corrected chi connectivity index (χ4v) is 2.36. The lowest BCUT2D eigenvalue weighted by Crippen LogP contribution is -1.92. The molecular formula is C12H12FNOS. The monoisotopic (exact) mass is 237 g/mol. The van der Waals surface area contributed by atoms with Gasteiger partial charge >= 0.3 is 0 Å². The third kappa shape index (κ3) is 2.28. The summed E-state index contributed by atoms with van der Waals surface area (Å²) in [7, 11) is 0. The minimum Gasteiger partial charge on any atom is -0.386 e. The zero-order chi connectivity index (χ0) is 11.5. The number of aliphatic hydroxyl groups is 1. The quantitative estimate of drug-likeness (QED) is 0.887. The maximum atomic E-state index is 12.7. The van der Waals surface area contributed by atoms with Crippen LogP contribution in [0, 0.1) is 5.82 Å². The van der Waals surface area contributed by atoms with E-state index in [1.807, 2.05) is 6.92 Å². The molecule has 0 bridgehead atoms. The van der Waals surface area contributed by atoms with Gasteiger partial charge in [-0.1, -0.05) is 19.1 Å². The number of benzene rings is 1. The molecule has 0 aliphatic carbocycles. The number of halogens is 1. The van der Waals surface area contributed by atoms with Crippen LogP contribution in [0.2, 0.25) is 0 Å². The van der Waals surface area contributed by atoms with Crippen LogP contribution in [0.4, 0.5) is 4.39 Å². The van der Waals surface area contributed by atoms with Crippen molar-refractivity contribution in [3.63, 3.8) is 0 Å². The Morgan fingerprint density at radius 3 is 2.69 bits per heavy atom. The van der Waals surface area contributed by atoms with E-state index in [0.29, 0.717) is 11.4 Å². The lowest BCUT2D eigenvalue weighted by atomic mass is 10.2. The van der Waals surface area contributed by atoms with Crippen molar-refractivity contribution in [2.24, 2.45) is 0 Å². The second-order valence-electron chi connectivity index (χ2n) is 3.49. The zero-order valence-corrected chi connectivity index (χ0v) is 9.67. The lowest BCUT2D eigenvalue weighted by molar-refractivity contribution is 0.173. The van der Waals surface area contributed by atoms with Crippen molar-refractivity contribution in [3.05, 3.63) is 41.3 Å². The van der Waals surface area contributed by atoms with E-state index in [1.54, 1.807) is 18.3 Å². The number of rotatable bonds is 3. The van der Waals surface area contributed by atoms with Gasteiger partial charge in [-0.05, 0) is 24.1 Å². The number of nitrogens with zero attached hydrogens (tertiary/aromatic N) is 1. The van der Waals surface area contributed by atoms with Gasteiger partial charge in [-0.15, -0.1) is 11.3 Å². The van der Waals surface area contributed by atoms with Crippen LogP contribution in [0.3, 0.4) is 0 Å². The van der Waals surface area contributed by atoms with Crippen LogP contribution in [0.25, 0.3) is 10.4 Å². The predicted molar refractivity (Wildman–Crippen MR) is 62.8 cm³/mol. The highest BCUT2D eigenvalue weighted by atomic mass is 32.1. The molecule has 0 saturated carbocycles. The smallest absolute Gasteiger partial charge is 0.123 e. The maximum absolute atomic E-state index is 12.7. The third-order valence-electron chi connectivity index (χ3n) is 2.32. The molecule has 0 saturated heterocycles. The first-order valence-electron chi connectivity index (χ1n) is 5.10. The van der Waals surface area contributed by atoms with E-state index in [-0.39, 0.29) is 5.82 Å². The average Bonchev–Trinajstić information content (AvgIpc) is 2.78. The van der Waals surface area contributed by atoms with Crippen molar-refractivity contribution in [2.75, 3.05) is 0 Å². The van der Waals surface area contributed by atoms with Gasteiger partial charge in [-0.2, -0.15) is 0 Å². The van der Waals surface area contributed by atoms with Gasteiger partial charge in [0.1, 0.15) is 16.9 Å². The first-order chi connectivity index (χ1) is 7.70. The Bertz CT molecular complexity index is 466. The first-order valence-corrected chi connectivity index (χ1v) is 5.92. The summed E-state index contributed by atoms with van der Waals surface area (Å²) in [6.07, 6.45) is 1.86. The van der Waals surface area contributed by atoms with Gasteiger partial charge < -0.3 is 5.11 Å². The van der Waals surface area contributed by atoms with Crippen molar-refractivity contribution in [2.45, 2.75) is 19.4 Å².